The number of rotatable bonds is 5. The zero-order valence-electron chi connectivity index (χ0n) is 11.6. The van der Waals surface area contributed by atoms with Crippen molar-refractivity contribution in [3.05, 3.63) is 64.1 Å². The van der Waals surface area contributed by atoms with Gasteiger partial charge in [0, 0.05) is 18.6 Å². The van der Waals surface area contributed by atoms with E-state index in [2.05, 4.69) is 5.32 Å². The lowest BCUT2D eigenvalue weighted by atomic mass is 10.2. The molecule has 21 heavy (non-hydrogen) atoms. The van der Waals surface area contributed by atoms with Crippen LogP contribution in [0.4, 0.5) is 5.69 Å². The van der Waals surface area contributed by atoms with Gasteiger partial charge in [0.2, 0.25) is 5.91 Å². The maximum atomic E-state index is 12.1. The number of nitrogens with zero attached hydrogens (tertiary/aromatic N) is 1. The Morgan fingerprint density at radius 3 is 2.33 bits per heavy atom. The van der Waals surface area contributed by atoms with E-state index in [1.807, 2.05) is 42.5 Å². The van der Waals surface area contributed by atoms with Gasteiger partial charge >= 0.3 is 0 Å². The van der Waals surface area contributed by atoms with Gasteiger partial charge in [0.25, 0.3) is 0 Å². The molecule has 3 nitrogen and oxygen atoms in total. The first-order valence-corrected chi connectivity index (χ1v) is 7.29. The highest BCUT2D eigenvalue weighted by molar-refractivity contribution is 6.33. The molecule has 2 aromatic carbocycles. The number of hydrogen-bond acceptors (Lipinski definition) is 2. The molecule has 0 saturated heterocycles. The molecule has 110 valence electrons. The Morgan fingerprint density at radius 1 is 1.05 bits per heavy atom. The standard InChI is InChI=1S/C16H16Cl2N2O/c1-20(11-12-6-2-3-7-13(12)17)16(21)10-19-15-9-5-4-8-14(15)18/h2-9,19H,10-11H2,1H3. The predicted octanol–water partition coefficient (Wildman–Crippen LogP) is 4.06. The van der Waals surface area contributed by atoms with Crippen LogP contribution < -0.4 is 5.32 Å². The Kier molecular flexibility index (Phi) is 5.48. The zero-order valence-corrected chi connectivity index (χ0v) is 13.2. The van der Waals surface area contributed by atoms with Crippen LogP contribution in [0.1, 0.15) is 5.56 Å². The van der Waals surface area contributed by atoms with E-state index in [1.54, 1.807) is 18.0 Å². The molecule has 0 unspecified atom stereocenters. The van der Waals surface area contributed by atoms with Crippen LogP contribution in [0.25, 0.3) is 0 Å². The van der Waals surface area contributed by atoms with Crippen LogP contribution in [0, 0.1) is 0 Å². The largest absolute Gasteiger partial charge is 0.375 e. The van der Waals surface area contributed by atoms with Gasteiger partial charge in [-0.25, -0.2) is 0 Å². The molecule has 0 spiro atoms. The van der Waals surface area contributed by atoms with Crippen molar-refractivity contribution in [3.63, 3.8) is 0 Å². The van der Waals surface area contributed by atoms with Crippen molar-refractivity contribution in [2.45, 2.75) is 6.54 Å². The van der Waals surface area contributed by atoms with E-state index in [0.717, 1.165) is 11.3 Å². The summed E-state index contributed by atoms with van der Waals surface area (Å²) in [5.41, 5.74) is 1.67. The Bertz CT molecular complexity index is 631. The molecule has 2 rings (SSSR count). The van der Waals surface area contributed by atoms with Crippen molar-refractivity contribution < 1.29 is 4.79 Å². The lowest BCUT2D eigenvalue weighted by molar-refractivity contribution is -0.128. The second-order valence-corrected chi connectivity index (χ2v) is 5.49. The molecule has 0 atom stereocenters. The van der Waals surface area contributed by atoms with E-state index in [9.17, 15) is 4.79 Å². The van der Waals surface area contributed by atoms with Gasteiger partial charge in [0.15, 0.2) is 0 Å². The van der Waals surface area contributed by atoms with Crippen molar-refractivity contribution in [1.82, 2.24) is 4.90 Å². The molecule has 0 radical (unpaired) electrons. The summed E-state index contributed by atoms with van der Waals surface area (Å²) in [6.07, 6.45) is 0. The normalized spacial score (nSPS) is 10.2. The number of benzene rings is 2. The third-order valence-electron chi connectivity index (χ3n) is 3.10. The van der Waals surface area contributed by atoms with Crippen LogP contribution in [0.15, 0.2) is 48.5 Å². The van der Waals surface area contributed by atoms with E-state index in [-0.39, 0.29) is 12.5 Å². The first-order valence-electron chi connectivity index (χ1n) is 6.53. The van der Waals surface area contributed by atoms with Gasteiger partial charge in [0.1, 0.15) is 0 Å². The number of hydrogen-bond donors (Lipinski definition) is 1. The van der Waals surface area contributed by atoms with E-state index in [4.69, 9.17) is 23.2 Å². The summed E-state index contributed by atoms with van der Waals surface area (Å²) in [6.45, 7) is 0.660. The first kappa shape index (κ1) is 15.7. The Labute approximate surface area is 134 Å². The third kappa shape index (κ3) is 4.38. The fourth-order valence-electron chi connectivity index (χ4n) is 1.88. The van der Waals surface area contributed by atoms with Gasteiger partial charge in [0.05, 0.1) is 17.3 Å². The van der Waals surface area contributed by atoms with Crippen molar-refractivity contribution in [3.8, 4) is 0 Å². The molecule has 0 saturated carbocycles. The SMILES string of the molecule is CN(Cc1ccccc1Cl)C(=O)CNc1ccccc1Cl. The molecule has 5 heteroatoms. The molecule has 1 N–H and O–H groups in total. The van der Waals surface area contributed by atoms with Crippen molar-refractivity contribution in [2.24, 2.45) is 0 Å². The van der Waals surface area contributed by atoms with Crippen LogP contribution in [0.3, 0.4) is 0 Å². The molecule has 0 fully saturated rings. The van der Waals surface area contributed by atoms with E-state index in [0.29, 0.717) is 16.6 Å². The molecular formula is C16H16Cl2N2O. The Hall–Kier alpha value is -1.71. The van der Waals surface area contributed by atoms with Crippen molar-refractivity contribution in [2.75, 3.05) is 18.9 Å². The van der Waals surface area contributed by atoms with Gasteiger partial charge in [-0.2, -0.15) is 0 Å². The van der Waals surface area contributed by atoms with Crippen molar-refractivity contribution >= 4 is 34.8 Å². The summed E-state index contributed by atoms with van der Waals surface area (Å²) in [5, 5.41) is 4.30. The second-order valence-electron chi connectivity index (χ2n) is 4.67. The molecular weight excluding hydrogens is 307 g/mol. The molecule has 1 amide bonds. The third-order valence-corrected chi connectivity index (χ3v) is 3.79. The number of halogens is 2. The van der Waals surface area contributed by atoms with Gasteiger partial charge in [-0.3, -0.25) is 4.79 Å². The number of nitrogens with one attached hydrogen (secondary N) is 1. The minimum Gasteiger partial charge on any atom is -0.375 e. The smallest absolute Gasteiger partial charge is 0.241 e. The minimum atomic E-state index is -0.0326. The summed E-state index contributed by atoms with van der Waals surface area (Å²) in [7, 11) is 1.75. The van der Waals surface area contributed by atoms with E-state index in [1.165, 1.54) is 0 Å². The maximum Gasteiger partial charge on any atom is 0.241 e. The molecule has 2 aromatic rings. The average Bonchev–Trinajstić information content (AvgIpc) is 2.48. The number of amides is 1. The Morgan fingerprint density at radius 2 is 1.67 bits per heavy atom. The van der Waals surface area contributed by atoms with Crippen LogP contribution in [-0.4, -0.2) is 24.4 Å². The molecule has 0 aromatic heterocycles. The molecule has 0 aliphatic rings. The van der Waals surface area contributed by atoms with E-state index >= 15 is 0 Å². The molecule has 0 aliphatic heterocycles. The number of carbonyl (C=O) groups is 1. The number of anilines is 1. The summed E-state index contributed by atoms with van der Waals surface area (Å²) >= 11 is 12.1. The predicted molar refractivity (Wildman–Crippen MR) is 87.9 cm³/mol. The van der Waals surface area contributed by atoms with Gasteiger partial charge in [-0.15, -0.1) is 0 Å². The van der Waals surface area contributed by atoms with Crippen LogP contribution in [0.2, 0.25) is 10.0 Å². The lowest BCUT2D eigenvalue weighted by Gasteiger charge is -2.19. The number of carbonyl (C=O) groups excluding carboxylic acids is 1. The highest BCUT2D eigenvalue weighted by Gasteiger charge is 2.11. The summed E-state index contributed by atoms with van der Waals surface area (Å²) in [4.78, 5) is 13.8. The minimum absolute atomic E-state index is 0.0326. The van der Waals surface area contributed by atoms with Gasteiger partial charge in [-0.1, -0.05) is 53.5 Å². The van der Waals surface area contributed by atoms with Crippen LogP contribution >= 0.6 is 23.2 Å². The Balaban J connectivity index is 1.91. The first-order chi connectivity index (χ1) is 10.1. The van der Waals surface area contributed by atoms with Crippen molar-refractivity contribution in [1.29, 1.82) is 0 Å². The monoisotopic (exact) mass is 322 g/mol. The van der Waals surface area contributed by atoms with Crippen LogP contribution in [-0.2, 0) is 11.3 Å². The number of likely N-dealkylation sites (N-methyl/N-ethyl adjacent to an activating group) is 1. The van der Waals surface area contributed by atoms with Gasteiger partial charge < -0.3 is 10.2 Å². The molecule has 0 heterocycles. The quantitative estimate of drug-likeness (QED) is 0.900. The van der Waals surface area contributed by atoms with Gasteiger partial charge in [-0.05, 0) is 23.8 Å². The molecule has 0 bridgehead atoms. The highest BCUT2D eigenvalue weighted by Crippen LogP contribution is 2.20. The summed E-state index contributed by atoms with van der Waals surface area (Å²) in [5.74, 6) is -0.0326. The van der Waals surface area contributed by atoms with E-state index < -0.39 is 0 Å². The number of para-hydroxylation sites is 1. The molecule has 0 aliphatic carbocycles. The highest BCUT2D eigenvalue weighted by atomic mass is 35.5. The second kappa shape index (κ2) is 7.34. The van der Waals surface area contributed by atoms with Crippen LogP contribution in [0.5, 0.6) is 0 Å². The zero-order chi connectivity index (χ0) is 15.2. The topological polar surface area (TPSA) is 32.3 Å². The average molecular weight is 323 g/mol. The maximum absolute atomic E-state index is 12.1. The lowest BCUT2D eigenvalue weighted by Crippen LogP contribution is -2.31. The fraction of sp³-hybridized carbons (Fsp3) is 0.188. The summed E-state index contributed by atoms with van der Waals surface area (Å²) < 4.78 is 0. The summed E-state index contributed by atoms with van der Waals surface area (Å²) in [6, 6.07) is 14.8. The fourth-order valence-corrected chi connectivity index (χ4v) is 2.28.